The first-order chi connectivity index (χ1) is 24.8. The predicted molar refractivity (Wildman–Crippen MR) is 217 cm³/mol. The smallest absolute Gasteiger partial charge is 0.0541 e. The molecule has 2 heteroatoms. The zero-order valence-electron chi connectivity index (χ0n) is 27.1. The van der Waals surface area contributed by atoms with Crippen LogP contribution < -0.4 is 0 Å². The molecule has 1 nitrogen and oxygen atoms in total. The molecule has 0 aliphatic heterocycles. The summed E-state index contributed by atoms with van der Waals surface area (Å²) in [7, 11) is 0. The fraction of sp³-hybridized carbons (Fsp3) is 0. The highest BCUT2D eigenvalue weighted by molar-refractivity contribution is 7.26. The Labute approximate surface area is 292 Å². The first kappa shape index (κ1) is 27.7. The summed E-state index contributed by atoms with van der Waals surface area (Å²) in [6, 6.07) is 64.9. The molecule has 11 aromatic rings. The zero-order valence-corrected chi connectivity index (χ0v) is 27.9. The fourth-order valence-corrected chi connectivity index (χ4v) is 9.54. The summed E-state index contributed by atoms with van der Waals surface area (Å²) < 4.78 is 5.09. The lowest BCUT2D eigenvalue weighted by atomic mass is 9.90. The summed E-state index contributed by atoms with van der Waals surface area (Å²) in [5, 5.41) is 13.0. The van der Waals surface area contributed by atoms with Crippen molar-refractivity contribution in [3.63, 3.8) is 0 Å². The van der Waals surface area contributed by atoms with E-state index in [0.717, 1.165) is 0 Å². The Balaban J connectivity index is 1.09. The van der Waals surface area contributed by atoms with Gasteiger partial charge in [-0.1, -0.05) is 133 Å². The maximum atomic E-state index is 2.42. The van der Waals surface area contributed by atoms with E-state index >= 15 is 0 Å². The van der Waals surface area contributed by atoms with Gasteiger partial charge in [-0.15, -0.1) is 11.3 Å². The molecule has 9 aromatic carbocycles. The highest BCUT2D eigenvalue weighted by Gasteiger charge is 2.15. The van der Waals surface area contributed by atoms with Crippen molar-refractivity contribution in [2.75, 3.05) is 0 Å². The van der Waals surface area contributed by atoms with Crippen LogP contribution in [-0.4, -0.2) is 4.57 Å². The second-order valence-electron chi connectivity index (χ2n) is 13.3. The highest BCUT2D eigenvalue weighted by atomic mass is 32.1. The van der Waals surface area contributed by atoms with E-state index in [-0.39, 0.29) is 0 Å². The van der Waals surface area contributed by atoms with Crippen LogP contribution in [0.15, 0.2) is 176 Å². The second-order valence-corrected chi connectivity index (χ2v) is 14.3. The number of benzene rings is 9. The average Bonchev–Trinajstić information content (AvgIpc) is 3.74. The maximum absolute atomic E-state index is 2.42. The molecule has 2 aromatic heterocycles. The first-order valence-corrected chi connectivity index (χ1v) is 18.0. The number of hydrogen-bond donors (Lipinski definition) is 0. The van der Waals surface area contributed by atoms with Crippen molar-refractivity contribution < 1.29 is 0 Å². The lowest BCUT2D eigenvalue weighted by molar-refractivity contribution is 1.18. The van der Waals surface area contributed by atoms with Crippen molar-refractivity contribution in [1.29, 1.82) is 0 Å². The molecule has 0 aliphatic rings. The number of thiophene rings is 1. The molecule has 0 N–H and O–H groups in total. The van der Waals surface area contributed by atoms with Gasteiger partial charge in [-0.2, -0.15) is 0 Å². The standard InChI is InChI=1S/C48H29NS/c1-2-14-36-35(13-1)43-28-31(30-11-9-12-33(27-30)49-45-20-6-3-15-39(45)40-16-4-7-21-46(40)49)23-25-37(43)38-26-24-32(29-44(36)38)34-18-10-19-42-41-17-5-8-22-47(41)50-48(34)42/h1-29H. The monoisotopic (exact) mass is 651 g/mol. The topological polar surface area (TPSA) is 4.93 Å². The van der Waals surface area contributed by atoms with Gasteiger partial charge >= 0.3 is 0 Å². The zero-order chi connectivity index (χ0) is 32.8. The largest absolute Gasteiger partial charge is 0.309 e. The minimum Gasteiger partial charge on any atom is -0.309 e. The summed E-state index contributed by atoms with van der Waals surface area (Å²) in [5.41, 5.74) is 8.62. The Hall–Kier alpha value is -6.22. The molecule has 0 unspecified atom stereocenters. The third-order valence-corrected chi connectivity index (χ3v) is 11.8. The van der Waals surface area contributed by atoms with Crippen LogP contribution in [0.1, 0.15) is 0 Å². The van der Waals surface area contributed by atoms with Gasteiger partial charge in [0.15, 0.2) is 0 Å². The van der Waals surface area contributed by atoms with Crippen molar-refractivity contribution in [2.45, 2.75) is 0 Å². The van der Waals surface area contributed by atoms with Crippen molar-refractivity contribution in [3.05, 3.63) is 176 Å². The van der Waals surface area contributed by atoms with Crippen LogP contribution in [0.4, 0.5) is 0 Å². The average molecular weight is 652 g/mol. The molecule has 0 spiro atoms. The minimum absolute atomic E-state index is 1.17. The summed E-state index contributed by atoms with van der Waals surface area (Å²) in [6.07, 6.45) is 0. The molecule has 2 heterocycles. The number of aromatic nitrogens is 1. The lowest BCUT2D eigenvalue weighted by Crippen LogP contribution is -1.94. The van der Waals surface area contributed by atoms with Crippen LogP contribution in [0.3, 0.4) is 0 Å². The van der Waals surface area contributed by atoms with E-state index in [4.69, 9.17) is 0 Å². The Bertz CT molecular complexity index is 3080. The molecule has 0 bridgehead atoms. The molecule has 0 radical (unpaired) electrons. The number of nitrogens with zero attached hydrogens (tertiary/aromatic N) is 1. The molecule has 232 valence electrons. The van der Waals surface area contributed by atoms with Gasteiger partial charge in [0.2, 0.25) is 0 Å². The number of fused-ring (bicyclic) bond motifs is 12. The van der Waals surface area contributed by atoms with Gasteiger partial charge in [-0.25, -0.2) is 0 Å². The van der Waals surface area contributed by atoms with Crippen LogP contribution in [-0.2, 0) is 0 Å². The second kappa shape index (κ2) is 10.6. The van der Waals surface area contributed by atoms with Crippen LogP contribution in [0.25, 0.3) is 102 Å². The third-order valence-electron chi connectivity index (χ3n) is 10.6. The van der Waals surface area contributed by atoms with E-state index in [9.17, 15) is 0 Å². The van der Waals surface area contributed by atoms with Crippen LogP contribution in [0.2, 0.25) is 0 Å². The van der Waals surface area contributed by atoms with E-state index in [0.29, 0.717) is 0 Å². The van der Waals surface area contributed by atoms with Gasteiger partial charge in [0.05, 0.1) is 11.0 Å². The normalized spacial score (nSPS) is 12.0. The van der Waals surface area contributed by atoms with E-state index in [1.807, 2.05) is 11.3 Å². The molecular formula is C48H29NS. The summed E-state index contributed by atoms with van der Waals surface area (Å²) >= 11 is 1.89. The molecule has 0 saturated carbocycles. The van der Waals surface area contributed by atoms with E-state index in [1.165, 1.54) is 102 Å². The summed E-state index contributed by atoms with van der Waals surface area (Å²) in [6.45, 7) is 0. The number of para-hydroxylation sites is 2. The fourth-order valence-electron chi connectivity index (χ4n) is 8.30. The Morgan fingerprint density at radius 3 is 1.56 bits per heavy atom. The van der Waals surface area contributed by atoms with E-state index in [2.05, 4.69) is 180 Å². The van der Waals surface area contributed by atoms with Crippen LogP contribution >= 0.6 is 11.3 Å². The van der Waals surface area contributed by atoms with Gasteiger partial charge in [0.1, 0.15) is 0 Å². The van der Waals surface area contributed by atoms with Crippen molar-refractivity contribution in [1.82, 2.24) is 4.57 Å². The Morgan fingerprint density at radius 1 is 0.320 bits per heavy atom. The highest BCUT2D eigenvalue weighted by Crippen LogP contribution is 2.43. The molecule has 0 fully saturated rings. The maximum Gasteiger partial charge on any atom is 0.0541 e. The first-order valence-electron chi connectivity index (χ1n) is 17.2. The Morgan fingerprint density at radius 2 is 0.840 bits per heavy atom. The van der Waals surface area contributed by atoms with Crippen LogP contribution in [0.5, 0.6) is 0 Å². The van der Waals surface area contributed by atoms with Gasteiger partial charge in [0.25, 0.3) is 0 Å². The molecule has 0 aliphatic carbocycles. The molecule has 0 amide bonds. The predicted octanol–water partition coefficient (Wildman–Crippen LogP) is 13.9. The molecule has 11 rings (SSSR count). The molecule has 50 heavy (non-hydrogen) atoms. The van der Waals surface area contributed by atoms with Crippen molar-refractivity contribution >= 4 is 85.6 Å². The SMILES string of the molecule is c1cc(-c2ccc3c4ccc(-c5cccc6c5sc5ccccc56)cc4c4ccccc4c3c2)cc(-n2c3ccccc3c3ccccc32)c1. The third kappa shape index (κ3) is 4.00. The summed E-state index contributed by atoms with van der Waals surface area (Å²) in [4.78, 5) is 0. The van der Waals surface area contributed by atoms with E-state index in [1.54, 1.807) is 0 Å². The quantitative estimate of drug-likeness (QED) is 0.168. The molecular weight excluding hydrogens is 623 g/mol. The molecule has 0 atom stereocenters. The number of hydrogen-bond acceptors (Lipinski definition) is 1. The van der Waals surface area contributed by atoms with E-state index < -0.39 is 0 Å². The van der Waals surface area contributed by atoms with Gasteiger partial charge in [-0.05, 0) is 97.0 Å². The van der Waals surface area contributed by atoms with Gasteiger partial charge < -0.3 is 4.57 Å². The van der Waals surface area contributed by atoms with Crippen LogP contribution in [0, 0.1) is 0 Å². The van der Waals surface area contributed by atoms with Gasteiger partial charge in [-0.3, -0.25) is 0 Å². The van der Waals surface area contributed by atoms with Crippen molar-refractivity contribution in [3.8, 4) is 27.9 Å². The summed E-state index contributed by atoms with van der Waals surface area (Å²) in [5.74, 6) is 0. The van der Waals surface area contributed by atoms with Crippen molar-refractivity contribution in [2.24, 2.45) is 0 Å². The molecule has 0 saturated heterocycles. The van der Waals surface area contributed by atoms with Gasteiger partial charge in [0, 0.05) is 36.6 Å². The minimum atomic E-state index is 1.17. The Kier molecular flexibility index (Phi) is 5.89. The lowest BCUT2D eigenvalue weighted by Gasteiger charge is -2.14. The number of rotatable bonds is 3.